The van der Waals surface area contributed by atoms with Crippen LogP contribution in [0.5, 0.6) is 5.88 Å². The third kappa shape index (κ3) is 3.99. The molecule has 2 aromatic rings. The molecule has 34 heavy (non-hydrogen) atoms. The normalized spacial score (nSPS) is 22.2. The zero-order valence-corrected chi connectivity index (χ0v) is 19.7. The fourth-order valence-electron chi connectivity index (χ4n) is 5.77. The van der Waals surface area contributed by atoms with Crippen LogP contribution in [-0.2, 0) is 0 Å². The van der Waals surface area contributed by atoms with E-state index in [1.165, 1.54) is 12.8 Å². The highest BCUT2D eigenvalue weighted by Gasteiger charge is 2.55. The van der Waals surface area contributed by atoms with Crippen molar-refractivity contribution in [3.05, 3.63) is 35.0 Å². The van der Waals surface area contributed by atoms with Crippen molar-refractivity contribution in [3.63, 3.8) is 0 Å². The van der Waals surface area contributed by atoms with Crippen molar-refractivity contribution < 1.29 is 9.53 Å². The monoisotopic (exact) mass is 461 g/mol. The smallest absolute Gasteiger partial charge is 0.320 e. The summed E-state index contributed by atoms with van der Waals surface area (Å²) in [5.41, 5.74) is 1.71. The fraction of sp³-hybridized carbons (Fsp3) is 0.640. The third-order valence-electron chi connectivity index (χ3n) is 7.98. The summed E-state index contributed by atoms with van der Waals surface area (Å²) < 4.78 is 5.85. The maximum atomic E-state index is 13.0. The van der Waals surface area contributed by atoms with E-state index < -0.39 is 0 Å². The molecule has 2 saturated carbocycles. The van der Waals surface area contributed by atoms with Gasteiger partial charge in [0.05, 0.1) is 6.61 Å². The number of carbonyl (C=O) groups is 1. The molecule has 9 heteroatoms. The van der Waals surface area contributed by atoms with E-state index in [0.29, 0.717) is 35.8 Å². The first kappa shape index (κ1) is 21.4. The van der Waals surface area contributed by atoms with Crippen LogP contribution in [0.3, 0.4) is 0 Å². The van der Waals surface area contributed by atoms with Gasteiger partial charge < -0.3 is 14.5 Å². The number of ether oxygens (including phenoxy) is 1. The first-order valence-corrected chi connectivity index (χ1v) is 12.5. The van der Waals surface area contributed by atoms with E-state index in [1.54, 1.807) is 12.3 Å². The van der Waals surface area contributed by atoms with Crippen molar-refractivity contribution >= 4 is 6.03 Å². The van der Waals surface area contributed by atoms with Gasteiger partial charge in [-0.3, -0.25) is 5.10 Å². The van der Waals surface area contributed by atoms with Crippen LogP contribution in [-0.4, -0.2) is 68.8 Å². The molecule has 9 nitrogen and oxygen atoms in total. The van der Waals surface area contributed by atoms with Gasteiger partial charge in [-0.25, -0.2) is 14.8 Å². The number of aromatic amines is 1. The van der Waals surface area contributed by atoms with Crippen LogP contribution in [0.1, 0.15) is 73.1 Å². The molecule has 0 unspecified atom stereocenters. The van der Waals surface area contributed by atoms with Gasteiger partial charge in [-0.1, -0.05) is 0 Å². The number of hydrogen-bond donors (Lipinski definition) is 1. The van der Waals surface area contributed by atoms with Crippen molar-refractivity contribution in [1.29, 1.82) is 5.26 Å². The number of likely N-dealkylation sites (tertiary alicyclic amines) is 2. The Kier molecular flexibility index (Phi) is 5.19. The molecule has 0 atom stereocenters. The minimum Gasteiger partial charge on any atom is -0.476 e. The molecule has 4 fully saturated rings. The molecule has 0 radical (unpaired) electrons. The summed E-state index contributed by atoms with van der Waals surface area (Å²) in [5.74, 6) is 3.87. The van der Waals surface area contributed by atoms with Crippen LogP contribution >= 0.6 is 0 Å². The number of piperidine rings is 1. The van der Waals surface area contributed by atoms with Gasteiger partial charge >= 0.3 is 6.03 Å². The van der Waals surface area contributed by atoms with E-state index in [2.05, 4.69) is 21.3 Å². The van der Waals surface area contributed by atoms with Crippen LogP contribution in [0, 0.1) is 29.6 Å². The van der Waals surface area contributed by atoms with Gasteiger partial charge in [0.15, 0.2) is 5.82 Å². The summed E-state index contributed by atoms with van der Waals surface area (Å²) in [4.78, 5) is 26.0. The van der Waals surface area contributed by atoms with Gasteiger partial charge in [-0.05, 0) is 63.0 Å². The Morgan fingerprint density at radius 3 is 2.68 bits per heavy atom. The maximum Gasteiger partial charge on any atom is 0.320 e. The Hall–Kier alpha value is -3.15. The average Bonchev–Trinajstić information content (AvgIpc) is 3.54. The molecule has 2 amide bonds. The Morgan fingerprint density at radius 2 is 1.97 bits per heavy atom. The van der Waals surface area contributed by atoms with Gasteiger partial charge in [0, 0.05) is 49.6 Å². The SMILES string of the molecule is Cc1cnc(OCC2CCN(C(=O)N3CC4(CC(c5n[nH]c(C6CC6)n5)C4)C3)CC2)c(C#N)c1. The Bertz CT molecular complexity index is 1110. The van der Waals surface area contributed by atoms with Crippen LogP contribution in [0.4, 0.5) is 4.79 Å². The number of urea groups is 1. The second-order valence-corrected chi connectivity index (χ2v) is 10.8. The zero-order valence-electron chi connectivity index (χ0n) is 19.7. The second-order valence-electron chi connectivity index (χ2n) is 10.8. The quantitative estimate of drug-likeness (QED) is 0.731. The number of H-pyrrole nitrogens is 1. The van der Waals surface area contributed by atoms with Crippen LogP contribution in [0.15, 0.2) is 12.3 Å². The summed E-state index contributed by atoms with van der Waals surface area (Å²) >= 11 is 0. The second kappa shape index (κ2) is 8.26. The van der Waals surface area contributed by atoms with Crippen LogP contribution in [0.25, 0.3) is 0 Å². The number of rotatable bonds is 5. The fourth-order valence-corrected chi connectivity index (χ4v) is 5.77. The Labute approximate surface area is 199 Å². The summed E-state index contributed by atoms with van der Waals surface area (Å²) in [6.07, 6.45) is 8.20. The summed E-state index contributed by atoms with van der Waals surface area (Å²) in [6.45, 7) is 5.68. The van der Waals surface area contributed by atoms with E-state index in [4.69, 9.17) is 9.72 Å². The molecule has 1 N–H and O–H groups in total. The molecule has 2 saturated heterocycles. The van der Waals surface area contributed by atoms with E-state index in [9.17, 15) is 10.1 Å². The van der Waals surface area contributed by atoms with E-state index >= 15 is 0 Å². The van der Waals surface area contributed by atoms with Crippen molar-refractivity contribution in [2.75, 3.05) is 32.8 Å². The summed E-state index contributed by atoms with van der Waals surface area (Å²) in [7, 11) is 0. The lowest BCUT2D eigenvalue weighted by atomic mass is 9.57. The number of nitriles is 1. The highest BCUT2D eigenvalue weighted by atomic mass is 16.5. The molecule has 4 heterocycles. The number of amides is 2. The molecule has 0 bridgehead atoms. The number of nitrogens with one attached hydrogen (secondary N) is 1. The van der Waals surface area contributed by atoms with Crippen molar-refractivity contribution in [2.45, 2.75) is 57.3 Å². The Balaban J connectivity index is 0.932. The number of carbonyl (C=O) groups excluding carboxylic acids is 1. The first-order chi connectivity index (χ1) is 16.5. The molecule has 178 valence electrons. The van der Waals surface area contributed by atoms with Crippen LogP contribution in [0.2, 0.25) is 0 Å². The predicted molar refractivity (Wildman–Crippen MR) is 123 cm³/mol. The lowest BCUT2D eigenvalue weighted by molar-refractivity contribution is -0.0577. The highest BCUT2D eigenvalue weighted by Crippen LogP contribution is 2.55. The van der Waals surface area contributed by atoms with E-state index in [-0.39, 0.29) is 11.4 Å². The van der Waals surface area contributed by atoms with Crippen molar-refractivity contribution in [2.24, 2.45) is 11.3 Å². The Morgan fingerprint density at radius 1 is 1.21 bits per heavy atom. The standard InChI is InChI=1S/C25H31N7O2/c1-16-8-19(11-26)23(27-12-16)34-13-17-4-6-31(7-5-17)24(33)32-14-25(15-32)9-20(10-25)22-28-21(29-30-22)18-2-3-18/h8,12,17-18,20H,2-7,9-10,13-15H2,1H3,(H,28,29,30). The topological polar surface area (TPSA) is 111 Å². The number of nitrogens with zero attached hydrogens (tertiary/aromatic N) is 6. The lowest BCUT2D eigenvalue weighted by Gasteiger charge is -2.59. The zero-order chi connectivity index (χ0) is 23.3. The molecule has 2 aliphatic carbocycles. The third-order valence-corrected chi connectivity index (χ3v) is 7.98. The van der Waals surface area contributed by atoms with E-state index in [1.807, 2.05) is 16.7 Å². The number of hydrogen-bond acceptors (Lipinski definition) is 6. The average molecular weight is 462 g/mol. The van der Waals surface area contributed by atoms with Crippen molar-refractivity contribution in [3.8, 4) is 11.9 Å². The molecule has 4 aliphatic rings. The summed E-state index contributed by atoms with van der Waals surface area (Å²) in [5, 5.41) is 16.9. The molecule has 0 aromatic carbocycles. The van der Waals surface area contributed by atoms with E-state index in [0.717, 1.165) is 69.1 Å². The van der Waals surface area contributed by atoms with Gasteiger partial charge in [-0.15, -0.1) is 0 Å². The number of aromatic nitrogens is 4. The molecule has 6 rings (SSSR count). The van der Waals surface area contributed by atoms with Gasteiger partial charge in [-0.2, -0.15) is 10.4 Å². The predicted octanol–water partition coefficient (Wildman–Crippen LogP) is 3.35. The van der Waals surface area contributed by atoms with Gasteiger partial charge in [0.2, 0.25) is 5.88 Å². The minimum absolute atomic E-state index is 0.175. The largest absolute Gasteiger partial charge is 0.476 e. The summed E-state index contributed by atoms with van der Waals surface area (Å²) in [6, 6.07) is 4.12. The molecule has 2 aliphatic heterocycles. The van der Waals surface area contributed by atoms with Gasteiger partial charge in [0.25, 0.3) is 0 Å². The van der Waals surface area contributed by atoms with Crippen molar-refractivity contribution in [1.82, 2.24) is 30.0 Å². The first-order valence-electron chi connectivity index (χ1n) is 12.5. The highest BCUT2D eigenvalue weighted by molar-refractivity contribution is 5.75. The molecule has 1 spiro atoms. The maximum absolute atomic E-state index is 13.0. The minimum atomic E-state index is 0.175. The van der Waals surface area contributed by atoms with Crippen LogP contribution < -0.4 is 4.74 Å². The number of aryl methyl sites for hydroxylation is 1. The molecule has 2 aromatic heterocycles. The molecular formula is C25H31N7O2. The lowest BCUT2D eigenvalue weighted by Crippen LogP contribution is -2.65. The van der Waals surface area contributed by atoms with Gasteiger partial charge in [0.1, 0.15) is 17.5 Å². The number of pyridine rings is 1. The molecular weight excluding hydrogens is 430 g/mol.